The molecule has 32 heavy (non-hydrogen) atoms. The Morgan fingerprint density at radius 3 is 2.53 bits per heavy atom. The third kappa shape index (κ3) is 4.99. The van der Waals surface area contributed by atoms with Crippen LogP contribution >= 0.6 is 0 Å². The predicted molar refractivity (Wildman–Crippen MR) is 126 cm³/mol. The second-order valence-corrected chi connectivity index (χ2v) is 8.18. The van der Waals surface area contributed by atoms with Crippen molar-refractivity contribution in [1.82, 2.24) is 20.0 Å². The van der Waals surface area contributed by atoms with Crippen molar-refractivity contribution in [1.29, 1.82) is 0 Å². The number of carbonyl (C=O) groups excluding carboxylic acids is 1. The molecule has 0 spiro atoms. The van der Waals surface area contributed by atoms with Crippen LogP contribution in [0.15, 0.2) is 53.3 Å². The van der Waals surface area contributed by atoms with Crippen molar-refractivity contribution in [3.05, 3.63) is 64.6 Å². The molecule has 4 rings (SSSR count). The monoisotopic (exact) mass is 434 g/mol. The van der Waals surface area contributed by atoms with E-state index < -0.39 is 0 Å². The van der Waals surface area contributed by atoms with Crippen molar-refractivity contribution >= 4 is 16.7 Å². The highest BCUT2D eigenvalue weighted by molar-refractivity contribution is 6.04. The van der Waals surface area contributed by atoms with Gasteiger partial charge in [-0.25, -0.2) is 0 Å². The Bertz CT molecular complexity index is 1130. The van der Waals surface area contributed by atoms with Crippen LogP contribution in [0.4, 0.5) is 0 Å². The van der Waals surface area contributed by atoms with Gasteiger partial charge in [0.15, 0.2) is 5.69 Å². The zero-order chi connectivity index (χ0) is 22.3. The van der Waals surface area contributed by atoms with E-state index in [2.05, 4.69) is 15.3 Å². The average molecular weight is 435 g/mol. The number of carbonyl (C=O) groups is 1. The Balaban J connectivity index is 1.55. The van der Waals surface area contributed by atoms with Crippen molar-refractivity contribution in [3.8, 4) is 11.4 Å². The summed E-state index contributed by atoms with van der Waals surface area (Å²) in [5.74, 6) is 0.345. The summed E-state index contributed by atoms with van der Waals surface area (Å²) in [7, 11) is 1.57. The molecule has 1 aliphatic heterocycles. The van der Waals surface area contributed by atoms with Crippen molar-refractivity contribution in [2.75, 3.05) is 33.3 Å². The third-order valence-corrected chi connectivity index (χ3v) is 5.95. The molecular formula is C25H30N4O3. The number of nitrogens with one attached hydrogen (secondary N) is 1. The van der Waals surface area contributed by atoms with Gasteiger partial charge in [-0.3, -0.25) is 9.59 Å². The van der Waals surface area contributed by atoms with Crippen molar-refractivity contribution in [2.24, 2.45) is 0 Å². The minimum Gasteiger partial charge on any atom is -0.497 e. The first-order valence-electron chi connectivity index (χ1n) is 11.3. The number of nitrogens with zero attached hydrogens (tertiary/aromatic N) is 3. The lowest BCUT2D eigenvalue weighted by atomic mass is 10.1. The number of rotatable bonds is 7. The maximum atomic E-state index is 13.1. The van der Waals surface area contributed by atoms with Gasteiger partial charge in [0.1, 0.15) is 5.75 Å². The second kappa shape index (κ2) is 10.4. The smallest absolute Gasteiger partial charge is 0.279 e. The fraction of sp³-hybridized carbons (Fsp3) is 0.400. The predicted octanol–water partition coefficient (Wildman–Crippen LogP) is 3.39. The molecule has 1 aromatic heterocycles. The number of ether oxygens (including phenoxy) is 1. The molecule has 7 heteroatoms. The topological polar surface area (TPSA) is 76.5 Å². The van der Waals surface area contributed by atoms with Crippen LogP contribution in [-0.2, 0) is 0 Å². The van der Waals surface area contributed by atoms with E-state index in [4.69, 9.17) is 4.74 Å². The van der Waals surface area contributed by atoms with Gasteiger partial charge in [-0.1, -0.05) is 37.1 Å². The number of benzene rings is 2. The molecule has 2 heterocycles. The fourth-order valence-electron chi connectivity index (χ4n) is 4.22. The third-order valence-electron chi connectivity index (χ3n) is 5.95. The molecule has 0 bridgehead atoms. The Labute approximate surface area is 188 Å². The van der Waals surface area contributed by atoms with E-state index in [1.807, 2.05) is 6.07 Å². The van der Waals surface area contributed by atoms with E-state index in [-0.39, 0.29) is 17.2 Å². The first-order chi connectivity index (χ1) is 15.7. The Kier molecular flexibility index (Phi) is 7.17. The lowest BCUT2D eigenvalue weighted by Crippen LogP contribution is -2.32. The molecule has 0 radical (unpaired) electrons. The lowest BCUT2D eigenvalue weighted by molar-refractivity contribution is 0.0947. The minimum atomic E-state index is -0.272. The molecule has 1 fully saturated rings. The zero-order valence-corrected chi connectivity index (χ0v) is 18.5. The number of hydrogen-bond donors (Lipinski definition) is 1. The molecular weight excluding hydrogens is 404 g/mol. The average Bonchev–Trinajstić information content (AvgIpc) is 3.11. The molecule has 0 aliphatic carbocycles. The van der Waals surface area contributed by atoms with Gasteiger partial charge in [-0.15, -0.1) is 0 Å². The summed E-state index contributed by atoms with van der Waals surface area (Å²) in [5, 5.41) is 8.47. The van der Waals surface area contributed by atoms with Gasteiger partial charge in [0.05, 0.1) is 18.2 Å². The van der Waals surface area contributed by atoms with Crippen molar-refractivity contribution in [3.63, 3.8) is 0 Å². The highest BCUT2D eigenvalue weighted by Crippen LogP contribution is 2.18. The van der Waals surface area contributed by atoms with Gasteiger partial charge in [-0.2, -0.15) is 9.78 Å². The molecule has 1 N–H and O–H groups in total. The van der Waals surface area contributed by atoms with Gasteiger partial charge in [-0.05, 0) is 57.1 Å². The molecule has 0 saturated carbocycles. The van der Waals surface area contributed by atoms with Gasteiger partial charge in [0.25, 0.3) is 11.5 Å². The minimum absolute atomic E-state index is 0.248. The number of hydrogen-bond acceptors (Lipinski definition) is 5. The van der Waals surface area contributed by atoms with Crippen LogP contribution in [0, 0.1) is 0 Å². The van der Waals surface area contributed by atoms with Gasteiger partial charge >= 0.3 is 0 Å². The van der Waals surface area contributed by atoms with Crippen LogP contribution in [0.2, 0.25) is 0 Å². The van der Waals surface area contributed by atoms with Gasteiger partial charge < -0.3 is 15.0 Å². The zero-order valence-electron chi connectivity index (χ0n) is 18.5. The maximum absolute atomic E-state index is 13.1. The molecule has 1 saturated heterocycles. The summed E-state index contributed by atoms with van der Waals surface area (Å²) < 4.78 is 6.55. The van der Waals surface area contributed by atoms with E-state index in [0.717, 1.165) is 26.1 Å². The summed E-state index contributed by atoms with van der Waals surface area (Å²) >= 11 is 0. The first kappa shape index (κ1) is 22.0. The van der Waals surface area contributed by atoms with Crippen LogP contribution in [0.3, 0.4) is 0 Å². The molecule has 0 unspecified atom stereocenters. The van der Waals surface area contributed by atoms with E-state index in [1.54, 1.807) is 49.6 Å². The van der Waals surface area contributed by atoms with Crippen LogP contribution in [0.5, 0.6) is 5.75 Å². The number of amides is 1. The van der Waals surface area contributed by atoms with Crippen molar-refractivity contribution in [2.45, 2.75) is 32.1 Å². The standard InChI is InChI=1S/C25H30N4O3/c1-32-20-11-8-10-19(18-20)29-25(31)22-13-5-4-12-21(22)23(27-29)24(30)26-14-9-17-28-15-6-2-3-7-16-28/h4-5,8,10-13,18H,2-3,6-7,9,14-17H2,1H3,(H,26,30). The van der Waals surface area contributed by atoms with Crippen LogP contribution in [0.25, 0.3) is 16.5 Å². The molecule has 168 valence electrons. The summed E-state index contributed by atoms with van der Waals surface area (Å²) in [6.45, 7) is 3.85. The molecule has 3 aromatic rings. The molecule has 0 atom stereocenters. The largest absolute Gasteiger partial charge is 0.497 e. The van der Waals surface area contributed by atoms with Gasteiger partial charge in [0.2, 0.25) is 0 Å². The van der Waals surface area contributed by atoms with E-state index in [9.17, 15) is 9.59 Å². The van der Waals surface area contributed by atoms with E-state index in [0.29, 0.717) is 28.8 Å². The highest BCUT2D eigenvalue weighted by atomic mass is 16.5. The lowest BCUT2D eigenvalue weighted by Gasteiger charge is -2.19. The molecule has 1 aliphatic rings. The Morgan fingerprint density at radius 1 is 1.03 bits per heavy atom. The molecule has 7 nitrogen and oxygen atoms in total. The first-order valence-corrected chi connectivity index (χ1v) is 11.3. The van der Waals surface area contributed by atoms with Gasteiger partial charge in [0, 0.05) is 18.0 Å². The number of likely N-dealkylation sites (tertiary alicyclic amines) is 1. The number of fused-ring (bicyclic) bond motifs is 1. The van der Waals surface area contributed by atoms with E-state index in [1.165, 1.54) is 30.4 Å². The van der Waals surface area contributed by atoms with Crippen LogP contribution in [0.1, 0.15) is 42.6 Å². The van der Waals surface area contributed by atoms with E-state index >= 15 is 0 Å². The normalized spacial score (nSPS) is 14.8. The quantitative estimate of drug-likeness (QED) is 0.577. The highest BCUT2D eigenvalue weighted by Gasteiger charge is 2.17. The SMILES string of the molecule is COc1cccc(-n2nc(C(=O)NCCCN3CCCCCC3)c3ccccc3c2=O)c1. The summed E-state index contributed by atoms with van der Waals surface area (Å²) in [4.78, 5) is 28.6. The fourth-order valence-corrected chi connectivity index (χ4v) is 4.22. The maximum Gasteiger partial charge on any atom is 0.279 e. The number of methoxy groups -OCH3 is 1. The molecule has 2 aromatic carbocycles. The Morgan fingerprint density at radius 2 is 1.78 bits per heavy atom. The summed E-state index contributed by atoms with van der Waals surface area (Å²) in [5.41, 5.74) is 0.527. The Hall–Kier alpha value is -3.19. The van der Waals surface area contributed by atoms with Crippen LogP contribution in [-0.4, -0.2) is 53.9 Å². The summed E-state index contributed by atoms with van der Waals surface area (Å²) in [6.07, 6.45) is 6.03. The van der Waals surface area contributed by atoms with Crippen molar-refractivity contribution < 1.29 is 9.53 Å². The van der Waals surface area contributed by atoms with Crippen LogP contribution < -0.4 is 15.6 Å². The second-order valence-electron chi connectivity index (χ2n) is 8.18. The number of aromatic nitrogens is 2. The molecule has 1 amide bonds. The summed E-state index contributed by atoms with van der Waals surface area (Å²) in [6, 6.07) is 14.2.